The van der Waals surface area contributed by atoms with Gasteiger partial charge in [0.05, 0.1) is 4.92 Å². The molecule has 0 heterocycles. The summed E-state index contributed by atoms with van der Waals surface area (Å²) >= 11 is 0. The highest BCUT2D eigenvalue weighted by Gasteiger charge is 2.29. The molecule has 8 nitrogen and oxygen atoms in total. The van der Waals surface area contributed by atoms with Gasteiger partial charge in [0, 0.05) is 12.6 Å². The van der Waals surface area contributed by atoms with Crippen LogP contribution in [0.25, 0.3) is 0 Å². The highest BCUT2D eigenvalue weighted by Crippen LogP contribution is 2.42. The number of amides is 1. The Bertz CT molecular complexity index is 792. The van der Waals surface area contributed by atoms with Crippen molar-refractivity contribution in [3.8, 4) is 17.2 Å². The number of benzene rings is 2. The van der Waals surface area contributed by atoms with Crippen LogP contribution in [0.15, 0.2) is 36.4 Å². The molecular formula is C18H20N2O6. The maximum Gasteiger partial charge on any atom is 0.353 e. The second-order valence-electron chi connectivity index (χ2n) is 5.80. The predicted molar refractivity (Wildman–Crippen MR) is 94.4 cm³/mol. The molecule has 138 valence electrons. The van der Waals surface area contributed by atoms with Crippen LogP contribution in [-0.2, 0) is 6.42 Å². The summed E-state index contributed by atoms with van der Waals surface area (Å²) in [5.74, 6) is -3.55. The minimum Gasteiger partial charge on any atom is -0.507 e. The average Bonchev–Trinajstić information content (AvgIpc) is 2.58. The molecule has 26 heavy (non-hydrogen) atoms. The van der Waals surface area contributed by atoms with Gasteiger partial charge in [-0.1, -0.05) is 36.8 Å². The first-order valence-electron chi connectivity index (χ1n) is 8.16. The van der Waals surface area contributed by atoms with E-state index in [9.17, 15) is 30.2 Å². The molecule has 0 radical (unpaired) electrons. The molecule has 0 atom stereocenters. The van der Waals surface area contributed by atoms with Crippen LogP contribution in [0.4, 0.5) is 5.69 Å². The summed E-state index contributed by atoms with van der Waals surface area (Å²) in [5, 5.41) is 42.3. The summed E-state index contributed by atoms with van der Waals surface area (Å²) in [6, 6.07) is 10.7. The van der Waals surface area contributed by atoms with E-state index in [1.807, 2.05) is 30.3 Å². The van der Waals surface area contributed by atoms with Crippen LogP contribution in [0.1, 0.15) is 35.2 Å². The van der Waals surface area contributed by atoms with Gasteiger partial charge in [-0.2, -0.15) is 0 Å². The summed E-state index contributed by atoms with van der Waals surface area (Å²) in [6.45, 7) is 0.293. The van der Waals surface area contributed by atoms with E-state index in [1.54, 1.807) is 0 Å². The molecule has 1 amide bonds. The number of nitrogens with one attached hydrogen (secondary N) is 1. The smallest absolute Gasteiger partial charge is 0.353 e. The number of nitro groups is 1. The van der Waals surface area contributed by atoms with Gasteiger partial charge in [-0.25, -0.2) is 0 Å². The van der Waals surface area contributed by atoms with Crippen LogP contribution < -0.4 is 5.32 Å². The average molecular weight is 360 g/mol. The van der Waals surface area contributed by atoms with Gasteiger partial charge in [-0.15, -0.1) is 0 Å². The second-order valence-corrected chi connectivity index (χ2v) is 5.80. The minimum absolute atomic E-state index is 0.293. The Hall–Kier alpha value is -3.29. The third-order valence-electron chi connectivity index (χ3n) is 3.91. The van der Waals surface area contributed by atoms with Crippen LogP contribution >= 0.6 is 0 Å². The number of aryl methyl sites for hydroxylation is 1. The molecule has 0 aliphatic heterocycles. The lowest BCUT2D eigenvalue weighted by molar-refractivity contribution is -0.386. The fourth-order valence-corrected chi connectivity index (χ4v) is 2.60. The Balaban J connectivity index is 1.86. The van der Waals surface area contributed by atoms with Gasteiger partial charge >= 0.3 is 5.69 Å². The summed E-state index contributed by atoms with van der Waals surface area (Å²) in [6.07, 6.45) is 3.42. The van der Waals surface area contributed by atoms with Crippen molar-refractivity contribution in [2.24, 2.45) is 0 Å². The monoisotopic (exact) mass is 360 g/mol. The lowest BCUT2D eigenvalue weighted by Gasteiger charge is -2.09. The second kappa shape index (κ2) is 8.70. The number of unbranched alkanes of at least 4 members (excludes halogenated alkanes) is 2. The van der Waals surface area contributed by atoms with E-state index in [1.165, 1.54) is 5.56 Å². The normalized spacial score (nSPS) is 10.5. The van der Waals surface area contributed by atoms with E-state index >= 15 is 0 Å². The number of aromatic hydroxyl groups is 3. The van der Waals surface area contributed by atoms with Gasteiger partial charge in [0.2, 0.25) is 11.5 Å². The highest BCUT2D eigenvalue weighted by atomic mass is 16.6. The summed E-state index contributed by atoms with van der Waals surface area (Å²) < 4.78 is 0. The van der Waals surface area contributed by atoms with E-state index in [-0.39, 0.29) is 0 Å². The fraction of sp³-hybridized carbons (Fsp3) is 0.278. The summed E-state index contributed by atoms with van der Waals surface area (Å²) in [4.78, 5) is 21.9. The van der Waals surface area contributed by atoms with Crippen molar-refractivity contribution in [1.29, 1.82) is 0 Å². The number of hydrogen-bond acceptors (Lipinski definition) is 6. The van der Waals surface area contributed by atoms with E-state index < -0.39 is 39.3 Å². The van der Waals surface area contributed by atoms with Gasteiger partial charge in [0.25, 0.3) is 5.91 Å². The maximum atomic E-state index is 12.1. The quantitative estimate of drug-likeness (QED) is 0.325. The Labute approximate surface area is 149 Å². The topological polar surface area (TPSA) is 133 Å². The molecule has 2 rings (SSSR count). The molecule has 0 unspecified atom stereocenters. The molecular weight excluding hydrogens is 340 g/mol. The van der Waals surface area contributed by atoms with Crippen LogP contribution in [0.3, 0.4) is 0 Å². The molecule has 0 aliphatic rings. The van der Waals surface area contributed by atoms with Crippen molar-refractivity contribution < 1.29 is 25.0 Å². The lowest BCUT2D eigenvalue weighted by atomic mass is 10.1. The molecule has 2 aromatic carbocycles. The zero-order valence-corrected chi connectivity index (χ0v) is 14.0. The lowest BCUT2D eigenvalue weighted by Crippen LogP contribution is -2.24. The number of hydrogen-bond donors (Lipinski definition) is 4. The van der Waals surface area contributed by atoms with Gasteiger partial charge in [-0.05, 0) is 24.8 Å². The van der Waals surface area contributed by atoms with Crippen LogP contribution in [0.2, 0.25) is 0 Å². The molecule has 2 aromatic rings. The van der Waals surface area contributed by atoms with Crippen molar-refractivity contribution in [3.63, 3.8) is 0 Å². The Morgan fingerprint density at radius 1 is 1.04 bits per heavy atom. The zero-order valence-electron chi connectivity index (χ0n) is 14.0. The van der Waals surface area contributed by atoms with Crippen LogP contribution in [0, 0.1) is 10.1 Å². The number of carbonyl (C=O) groups is 1. The summed E-state index contributed by atoms with van der Waals surface area (Å²) in [7, 11) is 0. The first-order chi connectivity index (χ1) is 12.4. The molecule has 0 bridgehead atoms. The first-order valence-corrected chi connectivity index (χ1v) is 8.16. The Kier molecular flexibility index (Phi) is 6.37. The van der Waals surface area contributed by atoms with Crippen molar-refractivity contribution in [3.05, 3.63) is 57.6 Å². The van der Waals surface area contributed by atoms with Crippen molar-refractivity contribution in [1.82, 2.24) is 5.32 Å². The zero-order chi connectivity index (χ0) is 19.1. The molecule has 0 saturated carbocycles. The fourth-order valence-electron chi connectivity index (χ4n) is 2.60. The number of phenols is 3. The van der Waals surface area contributed by atoms with Gasteiger partial charge in [0.1, 0.15) is 11.3 Å². The molecule has 8 heteroatoms. The van der Waals surface area contributed by atoms with E-state index in [2.05, 4.69) is 5.32 Å². The number of rotatable bonds is 8. The molecule has 0 aliphatic carbocycles. The molecule has 0 spiro atoms. The molecule has 0 aromatic heterocycles. The highest BCUT2D eigenvalue weighted by molar-refractivity contribution is 6.01. The predicted octanol–water partition coefficient (Wildman–Crippen LogP) is 2.85. The number of nitro benzene ring substituents is 1. The first kappa shape index (κ1) is 19.0. The Morgan fingerprint density at radius 3 is 2.38 bits per heavy atom. The van der Waals surface area contributed by atoms with E-state index in [0.717, 1.165) is 19.3 Å². The maximum absolute atomic E-state index is 12.1. The van der Waals surface area contributed by atoms with Gasteiger partial charge < -0.3 is 20.6 Å². The van der Waals surface area contributed by atoms with Crippen molar-refractivity contribution in [2.75, 3.05) is 6.54 Å². The van der Waals surface area contributed by atoms with Crippen molar-refractivity contribution in [2.45, 2.75) is 25.7 Å². The number of carbonyl (C=O) groups excluding carboxylic acids is 1. The van der Waals surface area contributed by atoms with Crippen LogP contribution in [0.5, 0.6) is 17.2 Å². The van der Waals surface area contributed by atoms with E-state index in [4.69, 9.17) is 0 Å². The molecule has 0 fully saturated rings. The van der Waals surface area contributed by atoms with Gasteiger partial charge in [0.15, 0.2) is 0 Å². The minimum atomic E-state index is -1.06. The number of nitrogens with zero attached hydrogens (tertiary/aromatic N) is 1. The van der Waals surface area contributed by atoms with E-state index in [0.29, 0.717) is 19.0 Å². The summed E-state index contributed by atoms with van der Waals surface area (Å²) in [5.41, 5.74) is -0.405. The molecule has 0 saturated heterocycles. The van der Waals surface area contributed by atoms with Crippen molar-refractivity contribution >= 4 is 11.6 Å². The number of phenolic OH excluding ortho intramolecular Hbond substituents is 3. The van der Waals surface area contributed by atoms with Crippen LogP contribution in [-0.4, -0.2) is 32.7 Å². The van der Waals surface area contributed by atoms with Gasteiger partial charge in [-0.3, -0.25) is 14.9 Å². The third kappa shape index (κ3) is 4.62. The largest absolute Gasteiger partial charge is 0.507 e. The standard InChI is InChI=1S/C18H20N2O6/c21-13-11-14(22)16(20(25)26)17(23)15(13)18(24)19-10-6-2-5-9-12-7-3-1-4-8-12/h1,3-4,7-8,11,21-23H,2,5-6,9-10H2,(H,19,24). The molecule has 4 N–H and O–H groups in total. The SMILES string of the molecule is O=C(NCCCCCc1ccccc1)c1c(O)cc(O)c([N+](=O)[O-])c1O. The third-order valence-corrected chi connectivity index (χ3v) is 3.91. The Morgan fingerprint density at radius 2 is 1.73 bits per heavy atom.